The van der Waals surface area contributed by atoms with E-state index in [-0.39, 0.29) is 6.03 Å². The Morgan fingerprint density at radius 3 is 2.96 bits per heavy atom. The minimum absolute atomic E-state index is 0.0997. The lowest BCUT2D eigenvalue weighted by molar-refractivity contribution is 0.192. The van der Waals surface area contributed by atoms with Crippen LogP contribution in [0.4, 0.5) is 4.79 Å². The Balaban J connectivity index is 1.49. The first kappa shape index (κ1) is 15.2. The third-order valence-electron chi connectivity index (χ3n) is 3.86. The molecule has 1 fully saturated rings. The van der Waals surface area contributed by atoms with Gasteiger partial charge in [-0.25, -0.2) is 14.8 Å². The lowest BCUT2D eigenvalue weighted by Crippen LogP contribution is -2.28. The lowest BCUT2D eigenvalue weighted by Gasteiger charge is -2.15. The lowest BCUT2D eigenvalue weighted by atomic mass is 10.2. The quantitative estimate of drug-likeness (QED) is 0.671. The molecule has 3 aromatic rings. The molecule has 0 radical (unpaired) electrons. The summed E-state index contributed by atoms with van der Waals surface area (Å²) >= 11 is 7.64. The Bertz CT molecular complexity index is 904. The highest BCUT2D eigenvalue weighted by molar-refractivity contribution is 7.15. The van der Waals surface area contributed by atoms with Gasteiger partial charge in [0, 0.05) is 24.7 Å². The molecule has 0 N–H and O–H groups in total. The van der Waals surface area contributed by atoms with Gasteiger partial charge >= 0.3 is 6.03 Å². The zero-order valence-corrected chi connectivity index (χ0v) is 14.2. The Hall–Kier alpha value is -2.38. The minimum Gasteiger partial charge on any atom is -0.317 e. The predicted molar refractivity (Wildman–Crippen MR) is 94.6 cm³/mol. The summed E-state index contributed by atoms with van der Waals surface area (Å²) in [5, 5.41) is 8.09. The summed E-state index contributed by atoms with van der Waals surface area (Å²) < 4.78 is 1.86. The van der Waals surface area contributed by atoms with Crippen molar-refractivity contribution in [2.45, 2.75) is 6.54 Å². The summed E-state index contributed by atoms with van der Waals surface area (Å²) in [5.41, 5.74) is 1.79. The zero-order chi connectivity index (χ0) is 16.5. The second-order valence-corrected chi connectivity index (χ2v) is 6.63. The molecule has 1 aliphatic rings. The number of benzene rings is 1. The maximum Gasteiger partial charge on any atom is 0.340 e. The molecule has 1 aliphatic heterocycles. The molecular weight excluding hydrogens is 346 g/mol. The van der Waals surface area contributed by atoms with Gasteiger partial charge < -0.3 is 4.90 Å². The molecule has 0 spiro atoms. The number of rotatable bonds is 4. The van der Waals surface area contributed by atoms with Crippen molar-refractivity contribution in [1.29, 1.82) is 0 Å². The summed E-state index contributed by atoms with van der Waals surface area (Å²) in [5.74, 6) is 0. The van der Waals surface area contributed by atoms with E-state index in [9.17, 15) is 4.79 Å². The number of nitrogens with zero attached hydrogens (tertiary/aromatic N) is 5. The van der Waals surface area contributed by atoms with Gasteiger partial charge in [-0.05, 0) is 5.56 Å². The number of hydrazone groups is 1. The number of carbonyl (C=O) groups excluding carboxylic acids is 1. The van der Waals surface area contributed by atoms with E-state index < -0.39 is 0 Å². The molecule has 3 heterocycles. The van der Waals surface area contributed by atoms with E-state index in [0.717, 1.165) is 10.5 Å². The van der Waals surface area contributed by atoms with Gasteiger partial charge in [0.25, 0.3) is 0 Å². The van der Waals surface area contributed by atoms with Crippen LogP contribution in [0.2, 0.25) is 5.15 Å². The van der Waals surface area contributed by atoms with Crippen LogP contribution in [0.5, 0.6) is 0 Å². The molecule has 24 heavy (non-hydrogen) atoms. The third kappa shape index (κ3) is 2.76. The number of thiazole rings is 1. The zero-order valence-electron chi connectivity index (χ0n) is 12.7. The summed E-state index contributed by atoms with van der Waals surface area (Å²) in [6.07, 6.45) is 3.48. The van der Waals surface area contributed by atoms with Gasteiger partial charge in [0.15, 0.2) is 10.1 Å². The second-order valence-electron chi connectivity index (χ2n) is 5.40. The van der Waals surface area contributed by atoms with Gasteiger partial charge in [0.2, 0.25) is 0 Å². The average molecular weight is 360 g/mol. The first-order valence-electron chi connectivity index (χ1n) is 7.48. The molecule has 1 saturated heterocycles. The number of hydrogen-bond acceptors (Lipinski definition) is 4. The average Bonchev–Trinajstić information content (AvgIpc) is 3.24. The summed E-state index contributed by atoms with van der Waals surface area (Å²) in [6.45, 7) is 1.80. The van der Waals surface area contributed by atoms with Crippen molar-refractivity contribution in [3.63, 3.8) is 0 Å². The van der Waals surface area contributed by atoms with Gasteiger partial charge in [0.1, 0.15) is 5.69 Å². The van der Waals surface area contributed by atoms with Crippen LogP contribution in [0.1, 0.15) is 11.3 Å². The molecule has 0 aliphatic carbocycles. The Morgan fingerprint density at radius 1 is 1.29 bits per heavy atom. The Kier molecular flexibility index (Phi) is 3.95. The van der Waals surface area contributed by atoms with Crippen molar-refractivity contribution in [2.75, 3.05) is 13.1 Å². The number of urea groups is 1. The van der Waals surface area contributed by atoms with Gasteiger partial charge in [0.05, 0.1) is 12.8 Å². The maximum absolute atomic E-state index is 12.5. The molecular formula is C16H14ClN5OS. The van der Waals surface area contributed by atoms with Crippen LogP contribution in [0.15, 0.2) is 47.0 Å². The van der Waals surface area contributed by atoms with Crippen LogP contribution >= 0.6 is 22.9 Å². The van der Waals surface area contributed by atoms with Crippen molar-refractivity contribution < 1.29 is 4.79 Å². The minimum atomic E-state index is -0.0997. The smallest absolute Gasteiger partial charge is 0.317 e. The second kappa shape index (κ2) is 6.26. The Morgan fingerprint density at radius 2 is 2.12 bits per heavy atom. The number of fused-ring (bicyclic) bond motifs is 1. The van der Waals surface area contributed by atoms with Crippen LogP contribution in [-0.2, 0) is 6.54 Å². The van der Waals surface area contributed by atoms with Crippen molar-refractivity contribution in [1.82, 2.24) is 19.3 Å². The molecule has 1 aromatic carbocycles. The van der Waals surface area contributed by atoms with Crippen molar-refractivity contribution in [3.8, 4) is 0 Å². The highest BCUT2D eigenvalue weighted by atomic mass is 35.5. The fraction of sp³-hybridized carbons (Fsp3) is 0.188. The van der Waals surface area contributed by atoms with Gasteiger partial charge in [-0.3, -0.25) is 4.40 Å². The SMILES string of the molecule is O=C1N(Cc2ccccc2)CCN1/N=C/c1c(Cl)nc2sccn12. The van der Waals surface area contributed by atoms with Gasteiger partial charge in [-0.2, -0.15) is 5.10 Å². The standard InChI is InChI=1S/C16H14ClN5OS/c17-14-13(21-8-9-24-15(21)19-14)10-18-22-7-6-20(16(22)23)11-12-4-2-1-3-5-12/h1-5,8-10H,6-7,11H2/b18-10+. The number of imidazole rings is 1. The highest BCUT2D eigenvalue weighted by Gasteiger charge is 2.28. The summed E-state index contributed by atoms with van der Waals surface area (Å²) in [6, 6.07) is 9.83. The Labute approximate surface area is 147 Å². The number of carbonyl (C=O) groups is 1. The molecule has 6 nitrogen and oxygen atoms in total. The molecule has 8 heteroatoms. The van der Waals surface area contributed by atoms with Crippen LogP contribution in [0.3, 0.4) is 0 Å². The number of amides is 2. The van der Waals surface area contributed by atoms with Gasteiger partial charge in [-0.15, -0.1) is 11.3 Å². The number of hydrogen-bond donors (Lipinski definition) is 0. The van der Waals surface area contributed by atoms with Crippen LogP contribution in [0.25, 0.3) is 4.96 Å². The van der Waals surface area contributed by atoms with E-state index in [2.05, 4.69) is 10.1 Å². The molecule has 0 bridgehead atoms. The van der Waals surface area contributed by atoms with E-state index in [1.54, 1.807) is 11.1 Å². The van der Waals surface area contributed by atoms with Crippen LogP contribution in [0, 0.1) is 0 Å². The molecule has 0 unspecified atom stereocenters. The topological polar surface area (TPSA) is 53.2 Å². The largest absolute Gasteiger partial charge is 0.340 e. The molecule has 0 atom stereocenters. The molecule has 0 saturated carbocycles. The normalized spacial score (nSPS) is 15.3. The van der Waals surface area contributed by atoms with E-state index in [1.165, 1.54) is 16.3 Å². The molecule has 2 amide bonds. The molecule has 4 rings (SSSR count). The maximum atomic E-state index is 12.5. The van der Waals surface area contributed by atoms with Crippen molar-refractivity contribution in [3.05, 3.63) is 58.3 Å². The molecule has 122 valence electrons. The van der Waals surface area contributed by atoms with Crippen molar-refractivity contribution >= 4 is 40.1 Å². The molecule has 2 aromatic heterocycles. The van der Waals surface area contributed by atoms with E-state index in [1.807, 2.05) is 46.3 Å². The third-order valence-corrected chi connectivity index (χ3v) is 4.90. The van der Waals surface area contributed by atoms with Crippen LogP contribution in [-0.4, -0.2) is 44.6 Å². The van der Waals surface area contributed by atoms with E-state index in [0.29, 0.717) is 30.5 Å². The fourth-order valence-corrected chi connectivity index (χ4v) is 3.64. The van der Waals surface area contributed by atoms with E-state index in [4.69, 9.17) is 11.6 Å². The summed E-state index contributed by atoms with van der Waals surface area (Å²) in [4.78, 5) is 19.3. The fourth-order valence-electron chi connectivity index (χ4n) is 2.64. The first-order valence-corrected chi connectivity index (χ1v) is 8.73. The van der Waals surface area contributed by atoms with Crippen molar-refractivity contribution in [2.24, 2.45) is 5.10 Å². The predicted octanol–water partition coefficient (Wildman–Crippen LogP) is 3.32. The number of aromatic nitrogens is 2. The summed E-state index contributed by atoms with van der Waals surface area (Å²) in [7, 11) is 0. The van der Waals surface area contributed by atoms with Gasteiger partial charge in [-0.1, -0.05) is 41.9 Å². The van der Waals surface area contributed by atoms with E-state index >= 15 is 0 Å². The monoisotopic (exact) mass is 359 g/mol. The highest BCUT2D eigenvalue weighted by Crippen LogP contribution is 2.20. The number of halogens is 1. The van der Waals surface area contributed by atoms with Crippen LogP contribution < -0.4 is 0 Å². The first-order chi connectivity index (χ1) is 11.7.